The monoisotopic (exact) mass is 446 g/mol. The number of carbonyl (C=O) groups excluding carboxylic acids is 1. The smallest absolute Gasteiger partial charge is 0.253 e. The third-order valence-corrected chi connectivity index (χ3v) is 4.55. The fourth-order valence-corrected chi connectivity index (χ4v) is 3.18. The van der Waals surface area contributed by atoms with E-state index < -0.39 is 0 Å². The molecule has 8 heteroatoms. The second-order valence-corrected chi connectivity index (χ2v) is 6.57. The highest BCUT2D eigenvalue weighted by Crippen LogP contribution is 2.20. The van der Waals surface area contributed by atoms with Crippen molar-refractivity contribution in [3.8, 4) is 0 Å². The second kappa shape index (κ2) is 9.85. The Balaban J connectivity index is 0.00000156. The molecule has 1 aliphatic rings. The van der Waals surface area contributed by atoms with Crippen LogP contribution in [0.1, 0.15) is 23.2 Å². The van der Waals surface area contributed by atoms with Gasteiger partial charge in [0.1, 0.15) is 5.82 Å². The van der Waals surface area contributed by atoms with Crippen LogP contribution in [0, 0.1) is 0 Å². The number of hydrogen-bond acceptors (Lipinski definition) is 4. The van der Waals surface area contributed by atoms with Crippen LogP contribution in [0.3, 0.4) is 0 Å². The summed E-state index contributed by atoms with van der Waals surface area (Å²) < 4.78 is 0.871. The zero-order valence-electron chi connectivity index (χ0n) is 13.5. The number of hydrogen-bond donors (Lipinski definition) is 2. The molecule has 0 atom stereocenters. The summed E-state index contributed by atoms with van der Waals surface area (Å²) in [4.78, 5) is 19.0. The average Bonchev–Trinajstić information content (AvgIpc) is 2.56. The molecule has 1 saturated heterocycles. The molecule has 3 N–H and O–H groups in total. The minimum absolute atomic E-state index is 0. The summed E-state index contributed by atoms with van der Waals surface area (Å²) in [7, 11) is 0. The lowest BCUT2D eigenvalue weighted by atomic mass is 10.0. The molecule has 1 aromatic heterocycles. The Morgan fingerprint density at radius 1 is 1.20 bits per heavy atom. The van der Waals surface area contributed by atoms with E-state index in [1.165, 1.54) is 0 Å². The number of nitrogens with one attached hydrogen (secondary N) is 1. The Morgan fingerprint density at radius 2 is 1.92 bits per heavy atom. The van der Waals surface area contributed by atoms with Crippen LogP contribution in [0.15, 0.2) is 47.1 Å². The van der Waals surface area contributed by atoms with Crippen LogP contribution in [0.5, 0.6) is 0 Å². The highest BCUT2D eigenvalue weighted by molar-refractivity contribution is 9.10. The fraction of sp³-hybridized carbons (Fsp3) is 0.294. The van der Waals surface area contributed by atoms with Crippen molar-refractivity contribution in [3.63, 3.8) is 0 Å². The molecule has 1 amide bonds. The number of carbonyl (C=O) groups is 1. The second-order valence-electron chi connectivity index (χ2n) is 5.65. The lowest BCUT2D eigenvalue weighted by Gasteiger charge is -2.33. The number of anilines is 2. The van der Waals surface area contributed by atoms with Crippen molar-refractivity contribution in [2.45, 2.75) is 18.9 Å². The van der Waals surface area contributed by atoms with E-state index in [9.17, 15) is 4.79 Å². The normalized spacial score (nSPS) is 14.2. The van der Waals surface area contributed by atoms with Crippen molar-refractivity contribution in [1.29, 1.82) is 0 Å². The van der Waals surface area contributed by atoms with Gasteiger partial charge in [-0.2, -0.15) is 0 Å². The molecule has 0 aliphatic carbocycles. The third-order valence-electron chi connectivity index (χ3n) is 4.06. The van der Waals surface area contributed by atoms with E-state index in [1.807, 2.05) is 24.3 Å². The molecule has 0 saturated carbocycles. The summed E-state index contributed by atoms with van der Waals surface area (Å²) in [5.41, 5.74) is 6.93. The van der Waals surface area contributed by atoms with Crippen LogP contribution in [0.25, 0.3) is 0 Å². The van der Waals surface area contributed by atoms with Gasteiger partial charge < -0.3 is 16.0 Å². The highest BCUT2D eigenvalue weighted by atomic mass is 79.9. The summed E-state index contributed by atoms with van der Waals surface area (Å²) in [5, 5.41) is 3.09. The van der Waals surface area contributed by atoms with E-state index in [0.717, 1.165) is 36.2 Å². The van der Waals surface area contributed by atoms with Gasteiger partial charge >= 0.3 is 0 Å². The molecule has 3 rings (SSSR count). The van der Waals surface area contributed by atoms with Gasteiger partial charge in [-0.25, -0.2) is 4.98 Å². The van der Waals surface area contributed by atoms with Crippen LogP contribution in [0.2, 0.25) is 0 Å². The molecule has 0 bridgehead atoms. The zero-order valence-corrected chi connectivity index (χ0v) is 16.7. The number of aromatic nitrogens is 1. The van der Waals surface area contributed by atoms with E-state index >= 15 is 0 Å². The summed E-state index contributed by atoms with van der Waals surface area (Å²) in [6, 6.07) is 11.4. The fourth-order valence-electron chi connectivity index (χ4n) is 2.80. The number of piperidine rings is 1. The Morgan fingerprint density at radius 3 is 2.52 bits per heavy atom. The van der Waals surface area contributed by atoms with Crippen LogP contribution in [-0.4, -0.2) is 30.0 Å². The maximum atomic E-state index is 12.4. The first kappa shape index (κ1) is 21.5. The molecular weight excluding hydrogens is 427 g/mol. The lowest BCUT2D eigenvalue weighted by Crippen LogP contribution is -2.45. The molecule has 2 aromatic rings. The van der Waals surface area contributed by atoms with Crippen molar-refractivity contribution in [2.24, 2.45) is 0 Å². The summed E-state index contributed by atoms with van der Waals surface area (Å²) in [6.45, 7) is 1.77. The van der Waals surface area contributed by atoms with Gasteiger partial charge in [0.2, 0.25) is 0 Å². The topological polar surface area (TPSA) is 71.2 Å². The molecule has 1 aliphatic heterocycles. The lowest BCUT2D eigenvalue weighted by molar-refractivity contribution is 0.0932. The van der Waals surface area contributed by atoms with Crippen LogP contribution >= 0.6 is 40.7 Å². The van der Waals surface area contributed by atoms with Crippen LogP contribution in [0.4, 0.5) is 11.5 Å². The molecule has 0 unspecified atom stereocenters. The minimum Gasteiger partial charge on any atom is -0.398 e. The van der Waals surface area contributed by atoms with Crippen molar-refractivity contribution < 1.29 is 4.79 Å². The van der Waals surface area contributed by atoms with E-state index in [-0.39, 0.29) is 36.8 Å². The molecule has 5 nitrogen and oxygen atoms in total. The van der Waals surface area contributed by atoms with Gasteiger partial charge in [-0.05, 0) is 43.2 Å². The highest BCUT2D eigenvalue weighted by Gasteiger charge is 2.22. The van der Waals surface area contributed by atoms with Gasteiger partial charge in [-0.15, -0.1) is 24.8 Å². The number of pyridine rings is 1. The van der Waals surface area contributed by atoms with E-state index in [0.29, 0.717) is 11.3 Å². The number of rotatable bonds is 3. The van der Waals surface area contributed by atoms with E-state index in [4.69, 9.17) is 5.73 Å². The first-order valence-corrected chi connectivity index (χ1v) is 8.44. The summed E-state index contributed by atoms with van der Waals surface area (Å²) in [5.74, 6) is 0.890. The predicted octanol–water partition coefficient (Wildman–Crippen LogP) is 3.67. The number of amides is 1. The molecule has 136 valence electrons. The first-order chi connectivity index (χ1) is 11.1. The molecular formula is C17H21BrCl2N4O. The number of nitrogen functional groups attached to an aromatic ring is 1. The number of benzene rings is 1. The van der Waals surface area contributed by atoms with Crippen molar-refractivity contribution in [2.75, 3.05) is 23.7 Å². The first-order valence-electron chi connectivity index (χ1n) is 7.65. The molecule has 2 heterocycles. The molecule has 0 radical (unpaired) electrons. The van der Waals surface area contributed by atoms with Crippen molar-refractivity contribution in [1.82, 2.24) is 10.3 Å². The summed E-state index contributed by atoms with van der Waals surface area (Å²) >= 11 is 3.35. The molecule has 0 spiro atoms. The Kier molecular flexibility index (Phi) is 8.48. The quantitative estimate of drug-likeness (QED) is 0.704. The zero-order chi connectivity index (χ0) is 16.2. The molecule has 25 heavy (non-hydrogen) atoms. The van der Waals surface area contributed by atoms with Crippen molar-refractivity contribution in [3.05, 3.63) is 52.6 Å². The van der Waals surface area contributed by atoms with Gasteiger partial charge in [0, 0.05) is 35.5 Å². The predicted molar refractivity (Wildman–Crippen MR) is 110 cm³/mol. The minimum atomic E-state index is -0.105. The maximum absolute atomic E-state index is 12.4. The van der Waals surface area contributed by atoms with Gasteiger partial charge in [0.25, 0.3) is 5.91 Å². The number of nitrogens with two attached hydrogens (primary N) is 1. The third kappa shape index (κ3) is 5.49. The van der Waals surface area contributed by atoms with E-state index in [2.05, 4.69) is 31.1 Å². The number of nitrogens with zero attached hydrogens (tertiary/aromatic N) is 2. The Bertz CT molecular complexity index is 694. The van der Waals surface area contributed by atoms with Crippen LogP contribution < -0.4 is 16.0 Å². The summed E-state index contributed by atoms with van der Waals surface area (Å²) in [6.07, 6.45) is 3.61. The molecule has 1 fully saturated rings. The van der Waals surface area contributed by atoms with Gasteiger partial charge in [-0.1, -0.05) is 22.0 Å². The maximum Gasteiger partial charge on any atom is 0.253 e. The standard InChI is InChI=1S/C17H19BrN4O.2ClH/c18-12-4-5-14(15(19)11-12)17(23)21-13-6-9-22(10-7-13)16-3-1-2-8-20-16;;/h1-5,8,11,13H,6-7,9-10,19H2,(H,21,23);2*1H. The van der Waals surface area contributed by atoms with E-state index in [1.54, 1.807) is 18.3 Å². The molecule has 1 aromatic carbocycles. The Labute approximate surface area is 168 Å². The largest absolute Gasteiger partial charge is 0.398 e. The van der Waals surface area contributed by atoms with Gasteiger partial charge in [-0.3, -0.25) is 4.79 Å². The Hall–Kier alpha value is -1.50. The SMILES string of the molecule is Cl.Cl.Nc1cc(Br)ccc1C(=O)NC1CCN(c2ccccn2)CC1. The number of halogens is 3. The van der Waals surface area contributed by atoms with Crippen LogP contribution in [-0.2, 0) is 0 Å². The van der Waals surface area contributed by atoms with Gasteiger partial charge in [0.05, 0.1) is 5.56 Å². The average molecular weight is 448 g/mol. The van der Waals surface area contributed by atoms with Gasteiger partial charge in [0.15, 0.2) is 0 Å². The van der Waals surface area contributed by atoms with Crippen molar-refractivity contribution >= 4 is 58.2 Å².